The monoisotopic (exact) mass is 315 g/mol. The van der Waals surface area contributed by atoms with Gasteiger partial charge in [0.05, 0.1) is 22.8 Å². The second kappa shape index (κ2) is 6.95. The predicted molar refractivity (Wildman–Crippen MR) is 88.7 cm³/mol. The molecule has 7 nitrogen and oxygen atoms in total. The summed E-state index contributed by atoms with van der Waals surface area (Å²) >= 11 is 0. The minimum absolute atomic E-state index is 0.407. The summed E-state index contributed by atoms with van der Waals surface area (Å²) in [5.41, 5.74) is 3.41. The molecule has 122 valence electrons. The van der Waals surface area contributed by atoms with Crippen LogP contribution in [0.1, 0.15) is 18.3 Å². The summed E-state index contributed by atoms with van der Waals surface area (Å²) in [6.07, 6.45) is 0. The van der Waals surface area contributed by atoms with Gasteiger partial charge in [0.1, 0.15) is 6.04 Å². The minimum atomic E-state index is -0.571. The number of aryl methyl sites for hydroxylation is 1. The summed E-state index contributed by atoms with van der Waals surface area (Å²) in [5.74, 6) is -0.407. The number of para-hydroxylation sites is 1. The molecule has 1 atom stereocenters. The second-order valence-corrected chi connectivity index (χ2v) is 5.23. The van der Waals surface area contributed by atoms with Crippen molar-refractivity contribution in [3.8, 4) is 5.69 Å². The van der Waals surface area contributed by atoms with Crippen LogP contribution in [0, 0.1) is 13.8 Å². The molecule has 1 heterocycles. The number of imide groups is 1. The molecule has 3 amide bonds. The molecule has 0 fully saturated rings. The molecule has 23 heavy (non-hydrogen) atoms. The molecule has 0 aliphatic rings. The van der Waals surface area contributed by atoms with Gasteiger partial charge in [-0.3, -0.25) is 10.1 Å². The number of amides is 3. The van der Waals surface area contributed by atoms with Crippen LogP contribution in [0.5, 0.6) is 0 Å². The average Bonchev–Trinajstić information content (AvgIpc) is 2.83. The standard InChI is InChI=1S/C16H21N5O2/c1-10-14(18-11(2)15(22)19-16(23)17-4)12(3)21(20-10)13-8-6-5-7-9-13/h5-9,11,18H,1-4H3,(H2,17,19,22,23). The number of hydrogen-bond donors (Lipinski definition) is 3. The van der Waals surface area contributed by atoms with Crippen LogP contribution in [0.15, 0.2) is 30.3 Å². The van der Waals surface area contributed by atoms with Crippen LogP contribution >= 0.6 is 0 Å². The van der Waals surface area contributed by atoms with Crippen molar-refractivity contribution in [1.82, 2.24) is 20.4 Å². The Morgan fingerprint density at radius 1 is 1.17 bits per heavy atom. The Bertz CT molecular complexity index is 709. The van der Waals surface area contributed by atoms with Gasteiger partial charge in [-0.25, -0.2) is 9.48 Å². The fraction of sp³-hybridized carbons (Fsp3) is 0.312. The van der Waals surface area contributed by atoms with E-state index in [1.165, 1.54) is 7.05 Å². The fourth-order valence-electron chi connectivity index (χ4n) is 2.24. The van der Waals surface area contributed by atoms with Gasteiger partial charge in [0, 0.05) is 7.05 Å². The second-order valence-electron chi connectivity index (χ2n) is 5.23. The van der Waals surface area contributed by atoms with Crippen molar-refractivity contribution in [2.45, 2.75) is 26.8 Å². The van der Waals surface area contributed by atoms with E-state index in [0.717, 1.165) is 22.8 Å². The van der Waals surface area contributed by atoms with Gasteiger partial charge in [0.2, 0.25) is 5.91 Å². The van der Waals surface area contributed by atoms with E-state index in [2.05, 4.69) is 21.0 Å². The van der Waals surface area contributed by atoms with Gasteiger partial charge in [-0.15, -0.1) is 0 Å². The Balaban J connectivity index is 2.19. The van der Waals surface area contributed by atoms with E-state index < -0.39 is 18.0 Å². The van der Waals surface area contributed by atoms with Gasteiger partial charge in [0.25, 0.3) is 0 Å². The van der Waals surface area contributed by atoms with Crippen molar-refractivity contribution in [2.24, 2.45) is 0 Å². The fourth-order valence-corrected chi connectivity index (χ4v) is 2.24. The topological polar surface area (TPSA) is 88.1 Å². The SMILES string of the molecule is CNC(=O)NC(=O)C(C)Nc1c(C)nn(-c2ccccc2)c1C. The van der Waals surface area contributed by atoms with Gasteiger partial charge in [-0.05, 0) is 32.9 Å². The van der Waals surface area contributed by atoms with E-state index in [1.807, 2.05) is 48.9 Å². The van der Waals surface area contributed by atoms with Crippen LogP contribution in [-0.4, -0.2) is 34.8 Å². The molecule has 0 saturated carbocycles. The first kappa shape index (κ1) is 16.5. The van der Waals surface area contributed by atoms with Gasteiger partial charge in [-0.1, -0.05) is 18.2 Å². The number of anilines is 1. The average molecular weight is 315 g/mol. The Labute approximate surface area is 135 Å². The Morgan fingerprint density at radius 3 is 2.43 bits per heavy atom. The predicted octanol–water partition coefficient (Wildman–Crippen LogP) is 1.75. The van der Waals surface area contributed by atoms with Crippen molar-refractivity contribution >= 4 is 17.6 Å². The zero-order valence-corrected chi connectivity index (χ0v) is 13.7. The molecule has 3 N–H and O–H groups in total. The quantitative estimate of drug-likeness (QED) is 0.802. The van der Waals surface area contributed by atoms with Crippen LogP contribution in [0.2, 0.25) is 0 Å². The summed E-state index contributed by atoms with van der Waals surface area (Å²) in [5, 5.41) is 12.2. The first-order valence-corrected chi connectivity index (χ1v) is 7.34. The number of aromatic nitrogens is 2. The highest BCUT2D eigenvalue weighted by molar-refractivity contribution is 5.98. The molecule has 7 heteroatoms. The molecule has 0 aliphatic carbocycles. The van der Waals surface area contributed by atoms with Crippen molar-refractivity contribution in [1.29, 1.82) is 0 Å². The lowest BCUT2D eigenvalue weighted by molar-refractivity contribution is -0.120. The number of carbonyl (C=O) groups is 2. The molecule has 1 unspecified atom stereocenters. The first-order valence-electron chi connectivity index (χ1n) is 7.34. The van der Waals surface area contributed by atoms with Crippen molar-refractivity contribution < 1.29 is 9.59 Å². The Kier molecular flexibility index (Phi) is 5.00. The summed E-state index contributed by atoms with van der Waals surface area (Å²) in [7, 11) is 1.46. The number of rotatable bonds is 4. The Morgan fingerprint density at radius 2 is 1.83 bits per heavy atom. The molecule has 1 aromatic heterocycles. The van der Waals surface area contributed by atoms with Gasteiger partial charge in [0.15, 0.2) is 0 Å². The molecule has 1 aromatic carbocycles. The van der Waals surface area contributed by atoms with Crippen molar-refractivity contribution in [3.63, 3.8) is 0 Å². The number of urea groups is 1. The van der Waals surface area contributed by atoms with Crippen molar-refractivity contribution in [2.75, 3.05) is 12.4 Å². The van der Waals surface area contributed by atoms with E-state index in [0.29, 0.717) is 0 Å². The number of benzene rings is 1. The molecule has 0 bridgehead atoms. The smallest absolute Gasteiger partial charge is 0.321 e. The minimum Gasteiger partial charge on any atom is -0.371 e. The van der Waals surface area contributed by atoms with E-state index in [4.69, 9.17) is 0 Å². The molecule has 2 rings (SSSR count). The Hall–Kier alpha value is -2.83. The highest BCUT2D eigenvalue weighted by Gasteiger charge is 2.19. The van der Waals surface area contributed by atoms with Crippen LogP contribution in [0.25, 0.3) is 5.69 Å². The number of carbonyl (C=O) groups excluding carboxylic acids is 2. The van der Waals surface area contributed by atoms with Gasteiger partial charge < -0.3 is 10.6 Å². The van der Waals surface area contributed by atoms with Crippen molar-refractivity contribution in [3.05, 3.63) is 41.7 Å². The normalized spacial score (nSPS) is 11.7. The first-order chi connectivity index (χ1) is 10.9. The third kappa shape index (κ3) is 3.68. The lowest BCUT2D eigenvalue weighted by Gasteiger charge is -2.15. The van der Waals surface area contributed by atoms with E-state index >= 15 is 0 Å². The molecular formula is C16H21N5O2. The molecule has 0 aliphatic heterocycles. The summed E-state index contributed by atoms with van der Waals surface area (Å²) in [6.45, 7) is 5.49. The molecule has 0 spiro atoms. The van der Waals surface area contributed by atoms with Gasteiger partial charge >= 0.3 is 6.03 Å². The lowest BCUT2D eigenvalue weighted by Crippen LogP contribution is -2.44. The van der Waals surface area contributed by atoms with Crippen LogP contribution in [0.3, 0.4) is 0 Å². The maximum absolute atomic E-state index is 12.0. The van der Waals surface area contributed by atoms with E-state index in [-0.39, 0.29) is 0 Å². The lowest BCUT2D eigenvalue weighted by atomic mass is 10.2. The number of hydrogen-bond acceptors (Lipinski definition) is 4. The maximum atomic E-state index is 12.0. The largest absolute Gasteiger partial charge is 0.371 e. The zero-order chi connectivity index (χ0) is 17.0. The van der Waals surface area contributed by atoms with Crippen LogP contribution < -0.4 is 16.0 Å². The third-order valence-electron chi connectivity index (χ3n) is 3.51. The molecule has 0 saturated heterocycles. The highest BCUT2D eigenvalue weighted by atomic mass is 16.2. The molecule has 0 radical (unpaired) electrons. The van der Waals surface area contributed by atoms with E-state index in [9.17, 15) is 9.59 Å². The molecular weight excluding hydrogens is 294 g/mol. The third-order valence-corrected chi connectivity index (χ3v) is 3.51. The number of nitrogens with one attached hydrogen (secondary N) is 3. The summed E-state index contributed by atoms with van der Waals surface area (Å²) < 4.78 is 1.82. The van der Waals surface area contributed by atoms with Gasteiger partial charge in [-0.2, -0.15) is 5.10 Å². The van der Waals surface area contributed by atoms with E-state index in [1.54, 1.807) is 6.92 Å². The number of nitrogens with zero attached hydrogens (tertiary/aromatic N) is 2. The highest BCUT2D eigenvalue weighted by Crippen LogP contribution is 2.23. The summed E-state index contributed by atoms with van der Waals surface area (Å²) in [6, 6.07) is 8.65. The zero-order valence-electron chi connectivity index (χ0n) is 13.7. The van der Waals surface area contributed by atoms with Crippen LogP contribution in [-0.2, 0) is 4.79 Å². The molecule has 2 aromatic rings. The maximum Gasteiger partial charge on any atom is 0.321 e. The van der Waals surface area contributed by atoms with Crippen LogP contribution in [0.4, 0.5) is 10.5 Å². The summed E-state index contributed by atoms with van der Waals surface area (Å²) in [4.78, 5) is 23.2.